The first kappa shape index (κ1) is 15.3. The number of carbonyl (C=O) groups excluding carboxylic acids is 1. The van der Waals surface area contributed by atoms with Gasteiger partial charge in [-0.3, -0.25) is 10.00 Å². The van der Waals surface area contributed by atoms with Gasteiger partial charge in [-0.15, -0.1) is 0 Å². The van der Waals surface area contributed by atoms with Gasteiger partial charge in [0.1, 0.15) is 0 Å². The molecule has 1 aliphatic carbocycles. The second-order valence-corrected chi connectivity index (χ2v) is 6.14. The molecule has 1 saturated heterocycles. The molecule has 22 heavy (non-hydrogen) atoms. The Morgan fingerprint density at radius 2 is 2.36 bits per heavy atom. The molecule has 2 amide bonds. The van der Waals surface area contributed by atoms with Gasteiger partial charge in [-0.2, -0.15) is 5.10 Å². The highest BCUT2D eigenvalue weighted by Gasteiger charge is 2.22. The van der Waals surface area contributed by atoms with Gasteiger partial charge in [0.2, 0.25) is 0 Å². The number of aromatic nitrogens is 2. The minimum atomic E-state index is 0.0187. The van der Waals surface area contributed by atoms with Crippen molar-refractivity contribution in [2.24, 2.45) is 0 Å². The fraction of sp³-hybridized carbons (Fsp3) is 0.733. The molecule has 1 fully saturated rings. The molecule has 122 valence electrons. The lowest BCUT2D eigenvalue weighted by Crippen LogP contribution is -2.48. The van der Waals surface area contributed by atoms with Crippen molar-refractivity contribution in [2.75, 3.05) is 46.4 Å². The number of likely N-dealkylation sites (N-methyl/N-ethyl adjacent to an activating group) is 1. The number of nitrogens with one attached hydrogen (secondary N) is 2. The molecule has 7 nitrogen and oxygen atoms in total. The van der Waals surface area contributed by atoms with E-state index in [2.05, 4.69) is 20.4 Å². The number of hydrogen-bond donors (Lipinski definition) is 2. The second-order valence-electron chi connectivity index (χ2n) is 6.14. The average Bonchev–Trinajstić information content (AvgIpc) is 3.01. The molecule has 0 radical (unpaired) electrons. The molecule has 0 bridgehead atoms. The highest BCUT2D eigenvalue weighted by molar-refractivity contribution is 5.74. The maximum atomic E-state index is 12.3. The zero-order valence-corrected chi connectivity index (χ0v) is 13.2. The fourth-order valence-corrected chi connectivity index (χ4v) is 3.04. The Labute approximate surface area is 131 Å². The molecule has 1 unspecified atom stereocenters. The zero-order chi connectivity index (χ0) is 15.4. The van der Waals surface area contributed by atoms with Crippen LogP contribution >= 0.6 is 0 Å². The molecule has 1 aromatic heterocycles. The molecule has 0 saturated carbocycles. The number of rotatable bonds is 4. The van der Waals surface area contributed by atoms with Crippen LogP contribution in [-0.4, -0.2) is 78.5 Å². The number of urea groups is 1. The first-order valence-corrected chi connectivity index (χ1v) is 8.05. The lowest BCUT2D eigenvalue weighted by molar-refractivity contribution is 0.0356. The maximum absolute atomic E-state index is 12.3. The number of aryl methyl sites for hydroxylation is 1. The van der Waals surface area contributed by atoms with Gasteiger partial charge in [0.15, 0.2) is 0 Å². The number of H-pyrrole nitrogens is 1. The monoisotopic (exact) mass is 307 g/mol. The van der Waals surface area contributed by atoms with Crippen LogP contribution in [0.5, 0.6) is 0 Å². The summed E-state index contributed by atoms with van der Waals surface area (Å²) in [5.74, 6) is 0. The topological polar surface area (TPSA) is 73.5 Å². The van der Waals surface area contributed by atoms with Gasteiger partial charge in [-0.25, -0.2) is 4.79 Å². The Morgan fingerprint density at radius 3 is 3.18 bits per heavy atom. The molecule has 3 rings (SSSR count). The van der Waals surface area contributed by atoms with E-state index in [1.807, 2.05) is 13.2 Å². The predicted octanol–water partition coefficient (Wildman–Crippen LogP) is 0.241. The smallest absolute Gasteiger partial charge is 0.317 e. The van der Waals surface area contributed by atoms with Crippen molar-refractivity contribution in [1.82, 2.24) is 25.3 Å². The normalized spacial score (nSPS) is 22.1. The minimum Gasteiger partial charge on any atom is -0.379 e. The number of aromatic amines is 1. The number of ether oxygens (including phenoxy) is 1. The number of nitrogens with zero attached hydrogens (tertiary/aromatic N) is 3. The van der Waals surface area contributed by atoms with Crippen LogP contribution in [-0.2, 0) is 17.6 Å². The average molecular weight is 307 g/mol. The third-order valence-electron chi connectivity index (χ3n) is 4.55. The minimum absolute atomic E-state index is 0.0187. The van der Waals surface area contributed by atoms with Gasteiger partial charge in [0, 0.05) is 45.0 Å². The van der Waals surface area contributed by atoms with E-state index in [0.29, 0.717) is 0 Å². The molecule has 1 aromatic rings. The quantitative estimate of drug-likeness (QED) is 0.836. The summed E-state index contributed by atoms with van der Waals surface area (Å²) in [6.07, 6.45) is 4.67. The van der Waals surface area contributed by atoms with Gasteiger partial charge in [-0.05, 0) is 24.8 Å². The first-order chi connectivity index (χ1) is 10.7. The Hall–Kier alpha value is -1.60. The number of fused-ring (bicyclic) bond motifs is 1. The summed E-state index contributed by atoms with van der Waals surface area (Å²) in [6.45, 7) is 5.16. The van der Waals surface area contributed by atoms with E-state index in [4.69, 9.17) is 4.74 Å². The summed E-state index contributed by atoms with van der Waals surface area (Å²) in [4.78, 5) is 16.4. The first-order valence-electron chi connectivity index (χ1n) is 8.05. The summed E-state index contributed by atoms with van der Waals surface area (Å²) >= 11 is 0. The second kappa shape index (κ2) is 7.11. The molecule has 1 atom stereocenters. The summed E-state index contributed by atoms with van der Waals surface area (Å²) in [6, 6.07) is 0.230. The molecule has 2 heterocycles. The van der Waals surface area contributed by atoms with E-state index in [0.717, 1.165) is 58.7 Å². The van der Waals surface area contributed by atoms with E-state index in [1.165, 1.54) is 11.3 Å². The van der Waals surface area contributed by atoms with Crippen molar-refractivity contribution >= 4 is 6.03 Å². The summed E-state index contributed by atoms with van der Waals surface area (Å²) in [7, 11) is 1.86. The Balaban J connectivity index is 1.41. The number of hydrogen-bond acceptors (Lipinski definition) is 4. The van der Waals surface area contributed by atoms with Crippen LogP contribution in [0, 0.1) is 0 Å². The molecule has 7 heteroatoms. The van der Waals surface area contributed by atoms with Crippen LogP contribution in [0.3, 0.4) is 0 Å². The third kappa shape index (κ3) is 3.78. The molecule has 2 N–H and O–H groups in total. The van der Waals surface area contributed by atoms with Crippen molar-refractivity contribution in [3.05, 3.63) is 17.5 Å². The van der Waals surface area contributed by atoms with Crippen LogP contribution in [0.1, 0.15) is 17.7 Å². The molecule has 0 aromatic carbocycles. The van der Waals surface area contributed by atoms with Crippen LogP contribution in [0.25, 0.3) is 0 Å². The van der Waals surface area contributed by atoms with Crippen LogP contribution < -0.4 is 5.32 Å². The fourth-order valence-electron chi connectivity index (χ4n) is 3.04. The highest BCUT2D eigenvalue weighted by atomic mass is 16.5. The summed E-state index contributed by atoms with van der Waals surface area (Å²) in [5, 5.41) is 10.2. The van der Waals surface area contributed by atoms with Crippen LogP contribution in [0.15, 0.2) is 6.20 Å². The Kier molecular flexibility index (Phi) is 4.94. The summed E-state index contributed by atoms with van der Waals surface area (Å²) < 4.78 is 5.33. The molecular weight excluding hydrogens is 282 g/mol. The van der Waals surface area contributed by atoms with Crippen LogP contribution in [0.2, 0.25) is 0 Å². The highest BCUT2D eigenvalue weighted by Crippen LogP contribution is 2.18. The standard InChI is InChI=1S/C15H25N5O2/c1-19(4-5-20-6-8-22-9-7-20)15(21)17-13-2-3-14-12(10-13)11-16-18-14/h11,13H,2-10H2,1H3,(H,16,18)(H,17,21). The van der Waals surface area contributed by atoms with Gasteiger partial charge < -0.3 is 15.0 Å². The SMILES string of the molecule is CN(CCN1CCOCC1)C(=O)NC1CCc2[nH]ncc2C1. The van der Waals surface area contributed by atoms with Gasteiger partial charge >= 0.3 is 6.03 Å². The van der Waals surface area contributed by atoms with Crippen molar-refractivity contribution in [1.29, 1.82) is 0 Å². The van der Waals surface area contributed by atoms with Crippen molar-refractivity contribution in [3.8, 4) is 0 Å². The van der Waals surface area contributed by atoms with E-state index in [1.54, 1.807) is 4.90 Å². The maximum Gasteiger partial charge on any atom is 0.317 e. The van der Waals surface area contributed by atoms with E-state index in [9.17, 15) is 4.79 Å². The van der Waals surface area contributed by atoms with Gasteiger partial charge in [0.05, 0.1) is 19.4 Å². The molecule has 1 aliphatic heterocycles. The van der Waals surface area contributed by atoms with Gasteiger partial charge in [-0.1, -0.05) is 0 Å². The van der Waals surface area contributed by atoms with Crippen molar-refractivity contribution < 1.29 is 9.53 Å². The zero-order valence-electron chi connectivity index (χ0n) is 13.2. The molecule has 0 spiro atoms. The lowest BCUT2D eigenvalue weighted by atomic mass is 9.94. The predicted molar refractivity (Wildman–Crippen MR) is 82.8 cm³/mol. The molecular formula is C15H25N5O2. The van der Waals surface area contributed by atoms with Crippen LogP contribution in [0.4, 0.5) is 4.79 Å². The Bertz CT molecular complexity index is 498. The summed E-state index contributed by atoms with van der Waals surface area (Å²) in [5.41, 5.74) is 2.44. The van der Waals surface area contributed by atoms with E-state index < -0.39 is 0 Å². The third-order valence-corrected chi connectivity index (χ3v) is 4.55. The van der Waals surface area contributed by atoms with Gasteiger partial charge in [0.25, 0.3) is 0 Å². The van der Waals surface area contributed by atoms with E-state index >= 15 is 0 Å². The number of carbonyl (C=O) groups is 1. The van der Waals surface area contributed by atoms with Crippen molar-refractivity contribution in [2.45, 2.75) is 25.3 Å². The molecule has 2 aliphatic rings. The largest absolute Gasteiger partial charge is 0.379 e. The number of morpholine rings is 1. The van der Waals surface area contributed by atoms with Crippen molar-refractivity contribution in [3.63, 3.8) is 0 Å². The Morgan fingerprint density at radius 1 is 1.55 bits per heavy atom. The lowest BCUT2D eigenvalue weighted by Gasteiger charge is -2.30. The van der Waals surface area contributed by atoms with E-state index in [-0.39, 0.29) is 12.1 Å². The number of amides is 2.